The van der Waals surface area contributed by atoms with Gasteiger partial charge in [-0.2, -0.15) is 0 Å². The van der Waals surface area contributed by atoms with Crippen LogP contribution >= 0.6 is 0 Å². The molecule has 210 valence electrons. The normalized spacial score (nSPS) is 10.2. The average Bonchev–Trinajstić information content (AvgIpc) is 2.95. The summed E-state index contributed by atoms with van der Waals surface area (Å²) in [5.74, 6) is 0.557. The van der Waals surface area contributed by atoms with Gasteiger partial charge in [-0.1, -0.05) is 68.5 Å². The first kappa shape index (κ1) is 34.6. The van der Waals surface area contributed by atoms with Crippen LogP contribution in [0.2, 0.25) is 0 Å². The van der Waals surface area contributed by atoms with Gasteiger partial charge in [0.05, 0.1) is 6.61 Å². The van der Waals surface area contributed by atoms with E-state index in [0.717, 1.165) is 18.3 Å². The van der Waals surface area contributed by atoms with Crippen molar-refractivity contribution in [1.29, 1.82) is 0 Å². The van der Waals surface area contributed by atoms with E-state index in [4.69, 9.17) is 23.7 Å². The largest absolute Gasteiger partial charge is 0.467 e. The number of aldehydes is 1. The summed E-state index contributed by atoms with van der Waals surface area (Å²) in [7, 11) is 0. The molecule has 0 atom stereocenters. The van der Waals surface area contributed by atoms with Gasteiger partial charge < -0.3 is 23.7 Å². The van der Waals surface area contributed by atoms with Crippen molar-refractivity contribution < 1.29 is 33.3 Å². The predicted octanol–water partition coefficient (Wildman–Crippen LogP) is 6.96. The van der Waals surface area contributed by atoms with Gasteiger partial charge in [-0.05, 0) is 57.7 Å². The highest BCUT2D eigenvalue weighted by Crippen LogP contribution is 2.30. The molecule has 0 N–H and O–H groups in total. The lowest BCUT2D eigenvalue weighted by Gasteiger charge is -2.16. The van der Waals surface area contributed by atoms with E-state index in [9.17, 15) is 9.59 Å². The van der Waals surface area contributed by atoms with Crippen molar-refractivity contribution in [2.75, 3.05) is 33.4 Å². The van der Waals surface area contributed by atoms with Gasteiger partial charge in [0, 0.05) is 19.3 Å². The van der Waals surface area contributed by atoms with Gasteiger partial charge in [-0.3, -0.25) is 4.79 Å². The second kappa shape index (κ2) is 25.2. The molecule has 0 saturated carbocycles. The Morgan fingerprint density at radius 1 is 0.842 bits per heavy atom. The van der Waals surface area contributed by atoms with Gasteiger partial charge in [0.15, 0.2) is 13.6 Å². The molecule has 0 radical (unpaired) electrons. The molecule has 0 amide bonds. The minimum atomic E-state index is -0.408. The summed E-state index contributed by atoms with van der Waals surface area (Å²) in [5, 5.41) is 0. The standard InChI is InChI=1S/C20H30O6.C6H6.C5H8O/c1-5-9-10-11-24-20(21)19-16(6-2)12-17(25-14-22-7-3)13-18(19)26-15-23-8-4;1-2-4-6-5-3-1;1-2-3-4-5-6/h5,9,12-13H,6-8,10-11,14-15H2,1-4H3;1-6H;3-5H,2H2,1H3/b9-5+;;4-3+. The topological polar surface area (TPSA) is 80.3 Å². The van der Waals surface area contributed by atoms with E-state index in [2.05, 4.69) is 0 Å². The monoisotopic (exact) mass is 528 g/mol. The highest BCUT2D eigenvalue weighted by Gasteiger charge is 2.20. The number of hydrogen-bond acceptors (Lipinski definition) is 7. The Bertz CT molecular complexity index is 881. The van der Waals surface area contributed by atoms with Crippen molar-refractivity contribution >= 4 is 12.3 Å². The maximum absolute atomic E-state index is 12.6. The summed E-state index contributed by atoms with van der Waals surface area (Å²) in [6.45, 7) is 11.2. The van der Waals surface area contributed by atoms with Crippen LogP contribution in [0, 0.1) is 0 Å². The molecule has 0 saturated heterocycles. The first-order chi connectivity index (χ1) is 18.6. The Hall–Kier alpha value is -3.42. The maximum atomic E-state index is 12.6. The third-order valence-corrected chi connectivity index (χ3v) is 4.63. The molecule has 0 aromatic heterocycles. The van der Waals surface area contributed by atoms with Crippen LogP contribution in [0.25, 0.3) is 0 Å². The third-order valence-electron chi connectivity index (χ3n) is 4.63. The van der Waals surface area contributed by atoms with Crippen molar-refractivity contribution in [2.45, 2.75) is 53.9 Å². The molecule has 2 aromatic rings. The van der Waals surface area contributed by atoms with Crippen LogP contribution in [0.4, 0.5) is 0 Å². The molecule has 0 fully saturated rings. The number of allylic oxidation sites excluding steroid dienone is 3. The lowest BCUT2D eigenvalue weighted by atomic mass is 10.0. The number of carbonyl (C=O) groups excluding carboxylic acids is 2. The van der Waals surface area contributed by atoms with Crippen LogP contribution in [-0.4, -0.2) is 45.7 Å². The van der Waals surface area contributed by atoms with E-state index in [1.54, 1.807) is 6.07 Å². The smallest absolute Gasteiger partial charge is 0.342 e. The fourth-order valence-corrected chi connectivity index (χ4v) is 2.77. The number of hydrogen-bond donors (Lipinski definition) is 0. The third kappa shape index (κ3) is 17.1. The number of rotatable bonds is 15. The van der Waals surface area contributed by atoms with Crippen LogP contribution in [-0.2, 0) is 25.4 Å². The number of benzene rings is 2. The highest BCUT2D eigenvalue weighted by atomic mass is 16.7. The summed E-state index contributed by atoms with van der Waals surface area (Å²) in [5.41, 5.74) is 1.21. The molecule has 0 aliphatic carbocycles. The van der Waals surface area contributed by atoms with Crippen molar-refractivity contribution in [3.63, 3.8) is 0 Å². The zero-order valence-corrected chi connectivity index (χ0v) is 23.5. The van der Waals surface area contributed by atoms with Gasteiger partial charge in [0.1, 0.15) is 23.3 Å². The summed E-state index contributed by atoms with van der Waals surface area (Å²) in [4.78, 5) is 22.1. The molecular weight excluding hydrogens is 484 g/mol. The molecule has 0 spiro atoms. The van der Waals surface area contributed by atoms with Crippen LogP contribution < -0.4 is 9.47 Å². The molecular formula is C31H44O7. The Kier molecular flexibility index (Phi) is 23.0. The van der Waals surface area contributed by atoms with Crippen LogP contribution in [0.3, 0.4) is 0 Å². The van der Waals surface area contributed by atoms with Crippen molar-refractivity contribution in [3.05, 3.63) is 84.0 Å². The summed E-state index contributed by atoms with van der Waals surface area (Å²) in [6.07, 6.45) is 10.2. The quantitative estimate of drug-likeness (QED) is 0.0617. The number of carbonyl (C=O) groups is 2. The SMILES string of the molecule is C/C=C/CCOC(=O)c1c(CC)cc(OCOCC)cc1OCOCC.CC/C=C/C=O.c1ccccc1. The highest BCUT2D eigenvalue weighted by molar-refractivity contribution is 5.94. The fourth-order valence-electron chi connectivity index (χ4n) is 2.77. The number of aryl methyl sites for hydroxylation is 1. The maximum Gasteiger partial charge on any atom is 0.342 e. The molecule has 7 heteroatoms. The zero-order chi connectivity index (χ0) is 28.3. The minimum Gasteiger partial charge on any atom is -0.467 e. The lowest BCUT2D eigenvalue weighted by molar-refractivity contribution is -0.104. The molecule has 2 rings (SSSR count). The summed E-state index contributed by atoms with van der Waals surface area (Å²) in [6, 6.07) is 15.5. The van der Waals surface area contributed by atoms with E-state index in [1.165, 1.54) is 6.08 Å². The van der Waals surface area contributed by atoms with Crippen LogP contribution in [0.5, 0.6) is 11.5 Å². The summed E-state index contributed by atoms with van der Waals surface area (Å²) >= 11 is 0. The Labute approximate surface area is 228 Å². The molecule has 0 unspecified atom stereocenters. The lowest BCUT2D eigenvalue weighted by Crippen LogP contribution is -2.14. The first-order valence-electron chi connectivity index (χ1n) is 13.1. The number of esters is 1. The van der Waals surface area contributed by atoms with Gasteiger partial charge in [-0.25, -0.2) is 4.79 Å². The molecule has 7 nitrogen and oxygen atoms in total. The van der Waals surface area contributed by atoms with E-state index < -0.39 is 5.97 Å². The molecule has 2 aromatic carbocycles. The van der Waals surface area contributed by atoms with Crippen LogP contribution in [0.15, 0.2) is 72.8 Å². The minimum absolute atomic E-state index is 0.0490. The van der Waals surface area contributed by atoms with Gasteiger partial charge >= 0.3 is 5.97 Å². The van der Waals surface area contributed by atoms with Gasteiger partial charge in [0.2, 0.25) is 0 Å². The van der Waals surface area contributed by atoms with Crippen molar-refractivity contribution in [2.24, 2.45) is 0 Å². The second-order valence-corrected chi connectivity index (χ2v) is 7.44. The molecule has 0 aliphatic heterocycles. The Morgan fingerprint density at radius 3 is 1.92 bits per heavy atom. The van der Waals surface area contributed by atoms with Crippen molar-refractivity contribution in [3.8, 4) is 11.5 Å². The Morgan fingerprint density at radius 2 is 1.45 bits per heavy atom. The van der Waals surface area contributed by atoms with Gasteiger partial charge in [-0.15, -0.1) is 0 Å². The van der Waals surface area contributed by atoms with Gasteiger partial charge in [0.25, 0.3) is 0 Å². The molecule has 0 heterocycles. The van der Waals surface area contributed by atoms with Crippen molar-refractivity contribution in [1.82, 2.24) is 0 Å². The average molecular weight is 529 g/mol. The van der Waals surface area contributed by atoms with E-state index in [0.29, 0.717) is 49.7 Å². The molecule has 0 aliphatic rings. The fraction of sp³-hybridized carbons (Fsp3) is 0.419. The van der Waals surface area contributed by atoms with E-state index in [1.807, 2.05) is 95.3 Å². The van der Waals surface area contributed by atoms with E-state index >= 15 is 0 Å². The zero-order valence-electron chi connectivity index (χ0n) is 23.5. The number of ether oxygens (including phenoxy) is 5. The first-order valence-corrected chi connectivity index (χ1v) is 13.1. The second-order valence-electron chi connectivity index (χ2n) is 7.44. The van der Waals surface area contributed by atoms with Crippen LogP contribution in [0.1, 0.15) is 63.4 Å². The molecule has 38 heavy (non-hydrogen) atoms. The van der Waals surface area contributed by atoms with E-state index in [-0.39, 0.29) is 13.6 Å². The molecule has 0 bridgehead atoms. The Balaban J connectivity index is 0.000000929. The summed E-state index contributed by atoms with van der Waals surface area (Å²) < 4.78 is 27.1. The predicted molar refractivity (Wildman–Crippen MR) is 152 cm³/mol.